The Morgan fingerprint density at radius 1 is 1.44 bits per heavy atom. The van der Waals surface area contributed by atoms with Gasteiger partial charge in [0.15, 0.2) is 6.61 Å². The van der Waals surface area contributed by atoms with Gasteiger partial charge in [-0.2, -0.15) is 13.2 Å². The molecular weight excluding hydrogens is 251 g/mol. The standard InChI is InChI=1S/C11H10F3NO3/c1-2-5-17-10(16)8-3-4-9(15-6-8)18-7-11(12,13)14/h2-4,6H,1,5,7H2. The number of carbonyl (C=O) groups is 1. The number of esters is 1. The molecule has 1 aromatic heterocycles. The van der Waals surface area contributed by atoms with Gasteiger partial charge in [0.2, 0.25) is 5.88 Å². The number of pyridine rings is 1. The maximum atomic E-state index is 11.9. The van der Waals surface area contributed by atoms with Gasteiger partial charge >= 0.3 is 12.1 Å². The molecule has 7 heteroatoms. The molecule has 0 saturated heterocycles. The Morgan fingerprint density at radius 3 is 2.67 bits per heavy atom. The van der Waals surface area contributed by atoms with E-state index in [1.165, 1.54) is 12.1 Å². The molecule has 0 atom stereocenters. The highest BCUT2D eigenvalue weighted by atomic mass is 19.4. The van der Waals surface area contributed by atoms with Crippen LogP contribution in [-0.4, -0.2) is 30.3 Å². The van der Waals surface area contributed by atoms with E-state index < -0.39 is 18.8 Å². The summed E-state index contributed by atoms with van der Waals surface area (Å²) >= 11 is 0. The number of alkyl halides is 3. The quantitative estimate of drug-likeness (QED) is 0.603. The van der Waals surface area contributed by atoms with Crippen LogP contribution in [-0.2, 0) is 4.74 Å². The Hall–Kier alpha value is -2.05. The first-order valence-corrected chi connectivity index (χ1v) is 4.86. The highest BCUT2D eigenvalue weighted by Crippen LogP contribution is 2.17. The van der Waals surface area contributed by atoms with Gasteiger partial charge < -0.3 is 9.47 Å². The van der Waals surface area contributed by atoms with Crippen LogP contribution in [0, 0.1) is 0 Å². The van der Waals surface area contributed by atoms with Gasteiger partial charge in [0.05, 0.1) is 5.56 Å². The van der Waals surface area contributed by atoms with E-state index in [9.17, 15) is 18.0 Å². The molecule has 1 rings (SSSR count). The minimum absolute atomic E-state index is 0.0468. The van der Waals surface area contributed by atoms with E-state index in [1.54, 1.807) is 0 Å². The van der Waals surface area contributed by atoms with Crippen LogP contribution in [0.4, 0.5) is 13.2 Å². The van der Waals surface area contributed by atoms with Crippen molar-refractivity contribution in [2.45, 2.75) is 6.18 Å². The molecular formula is C11H10F3NO3. The normalized spacial score (nSPS) is 10.8. The fraction of sp³-hybridized carbons (Fsp3) is 0.273. The number of aromatic nitrogens is 1. The first-order chi connectivity index (χ1) is 8.42. The summed E-state index contributed by atoms with van der Waals surface area (Å²) in [4.78, 5) is 14.9. The van der Waals surface area contributed by atoms with Crippen molar-refractivity contribution in [2.24, 2.45) is 0 Å². The number of hydrogen-bond acceptors (Lipinski definition) is 4. The molecule has 0 N–H and O–H groups in total. The molecule has 0 aliphatic heterocycles. The van der Waals surface area contributed by atoms with Crippen LogP contribution in [0.25, 0.3) is 0 Å². The zero-order chi connectivity index (χ0) is 13.6. The molecule has 98 valence electrons. The predicted octanol–water partition coefficient (Wildman–Crippen LogP) is 2.37. The highest BCUT2D eigenvalue weighted by Gasteiger charge is 2.28. The van der Waals surface area contributed by atoms with Crippen molar-refractivity contribution in [3.05, 3.63) is 36.5 Å². The smallest absolute Gasteiger partial charge is 0.422 e. The van der Waals surface area contributed by atoms with Gasteiger partial charge in [-0.25, -0.2) is 9.78 Å². The molecule has 0 aliphatic carbocycles. The van der Waals surface area contributed by atoms with Crippen molar-refractivity contribution in [1.29, 1.82) is 0 Å². The van der Waals surface area contributed by atoms with Crippen molar-refractivity contribution in [3.63, 3.8) is 0 Å². The summed E-state index contributed by atoms with van der Waals surface area (Å²) < 4.78 is 44.7. The van der Waals surface area contributed by atoms with Crippen LogP contribution in [0.5, 0.6) is 5.88 Å². The fourth-order valence-electron chi connectivity index (χ4n) is 0.960. The summed E-state index contributed by atoms with van der Waals surface area (Å²) in [6.07, 6.45) is -1.95. The molecule has 0 saturated carbocycles. The van der Waals surface area contributed by atoms with E-state index in [1.807, 2.05) is 0 Å². The van der Waals surface area contributed by atoms with Crippen molar-refractivity contribution in [2.75, 3.05) is 13.2 Å². The molecule has 18 heavy (non-hydrogen) atoms. The van der Waals surface area contributed by atoms with Crippen LogP contribution < -0.4 is 4.74 Å². The van der Waals surface area contributed by atoms with Gasteiger partial charge in [0.1, 0.15) is 6.61 Å². The number of hydrogen-bond donors (Lipinski definition) is 0. The number of rotatable bonds is 5. The highest BCUT2D eigenvalue weighted by molar-refractivity contribution is 5.89. The monoisotopic (exact) mass is 261 g/mol. The SMILES string of the molecule is C=CCOC(=O)c1ccc(OCC(F)(F)F)nc1. The molecule has 1 heterocycles. The minimum atomic E-state index is -4.43. The zero-order valence-electron chi connectivity index (χ0n) is 9.24. The topological polar surface area (TPSA) is 48.4 Å². The maximum absolute atomic E-state index is 11.9. The molecule has 0 spiro atoms. The van der Waals surface area contributed by atoms with Crippen LogP contribution >= 0.6 is 0 Å². The fourth-order valence-corrected chi connectivity index (χ4v) is 0.960. The Kier molecular flexibility index (Phi) is 4.70. The summed E-state index contributed by atoms with van der Waals surface area (Å²) in [5, 5.41) is 0. The zero-order valence-corrected chi connectivity index (χ0v) is 9.24. The molecule has 4 nitrogen and oxygen atoms in total. The van der Waals surface area contributed by atoms with Crippen LogP contribution in [0.1, 0.15) is 10.4 Å². The lowest BCUT2D eigenvalue weighted by atomic mass is 10.3. The van der Waals surface area contributed by atoms with Gasteiger partial charge in [-0.15, -0.1) is 0 Å². The largest absolute Gasteiger partial charge is 0.468 e. The number of halogens is 3. The van der Waals surface area contributed by atoms with Crippen LogP contribution in [0.2, 0.25) is 0 Å². The van der Waals surface area contributed by atoms with Gasteiger partial charge in [0, 0.05) is 12.3 Å². The van der Waals surface area contributed by atoms with Gasteiger partial charge in [0.25, 0.3) is 0 Å². The first-order valence-electron chi connectivity index (χ1n) is 4.86. The number of nitrogens with zero attached hydrogens (tertiary/aromatic N) is 1. The molecule has 0 radical (unpaired) electrons. The Labute approximate surface area is 101 Å². The number of carbonyl (C=O) groups excluding carboxylic acids is 1. The predicted molar refractivity (Wildman–Crippen MR) is 56.3 cm³/mol. The molecule has 0 amide bonds. The van der Waals surface area contributed by atoms with Crippen molar-refractivity contribution in [3.8, 4) is 5.88 Å². The Balaban J connectivity index is 2.57. The third-order valence-electron chi connectivity index (χ3n) is 1.69. The second kappa shape index (κ2) is 6.04. The summed E-state index contributed by atoms with van der Waals surface area (Å²) in [7, 11) is 0. The maximum Gasteiger partial charge on any atom is 0.422 e. The summed E-state index contributed by atoms with van der Waals surface area (Å²) in [6, 6.07) is 2.43. The second-order valence-electron chi connectivity index (χ2n) is 3.18. The summed E-state index contributed by atoms with van der Waals surface area (Å²) in [5.41, 5.74) is 0.121. The molecule has 0 fully saturated rings. The van der Waals surface area contributed by atoms with E-state index in [-0.39, 0.29) is 18.1 Å². The molecule has 0 aromatic carbocycles. The third kappa shape index (κ3) is 4.86. The number of ether oxygens (including phenoxy) is 2. The Morgan fingerprint density at radius 2 is 2.17 bits per heavy atom. The van der Waals surface area contributed by atoms with E-state index in [0.29, 0.717) is 0 Å². The minimum Gasteiger partial charge on any atom is -0.468 e. The lowest BCUT2D eigenvalue weighted by molar-refractivity contribution is -0.154. The van der Waals surface area contributed by atoms with E-state index in [4.69, 9.17) is 4.74 Å². The summed E-state index contributed by atoms with van der Waals surface area (Å²) in [6.45, 7) is 1.98. The average molecular weight is 261 g/mol. The Bertz CT molecular complexity index is 415. The molecule has 0 aliphatic rings. The van der Waals surface area contributed by atoms with Crippen LogP contribution in [0.15, 0.2) is 31.0 Å². The third-order valence-corrected chi connectivity index (χ3v) is 1.69. The lowest BCUT2D eigenvalue weighted by Gasteiger charge is -2.08. The average Bonchev–Trinajstić information content (AvgIpc) is 2.33. The van der Waals surface area contributed by atoms with Gasteiger partial charge in [-0.05, 0) is 6.07 Å². The lowest BCUT2D eigenvalue weighted by Crippen LogP contribution is -2.19. The summed E-state index contributed by atoms with van der Waals surface area (Å²) in [5.74, 6) is -0.850. The van der Waals surface area contributed by atoms with Crippen molar-refractivity contribution in [1.82, 2.24) is 4.98 Å². The first kappa shape index (κ1) is 14.0. The second-order valence-corrected chi connectivity index (χ2v) is 3.18. The molecule has 0 bridgehead atoms. The van der Waals surface area contributed by atoms with Gasteiger partial charge in [-0.1, -0.05) is 12.7 Å². The molecule has 0 unspecified atom stereocenters. The van der Waals surface area contributed by atoms with Crippen molar-refractivity contribution < 1.29 is 27.4 Å². The van der Waals surface area contributed by atoms with E-state index in [0.717, 1.165) is 12.3 Å². The van der Waals surface area contributed by atoms with E-state index >= 15 is 0 Å². The van der Waals surface area contributed by atoms with E-state index in [2.05, 4.69) is 16.3 Å². The van der Waals surface area contributed by atoms with Crippen LogP contribution in [0.3, 0.4) is 0 Å². The van der Waals surface area contributed by atoms with Crippen molar-refractivity contribution >= 4 is 5.97 Å². The van der Waals surface area contributed by atoms with Gasteiger partial charge in [-0.3, -0.25) is 0 Å². The molecule has 1 aromatic rings.